The molecule has 2 amide bonds. The van der Waals surface area contributed by atoms with Gasteiger partial charge in [0.25, 0.3) is 0 Å². The minimum Gasteiger partial charge on any atom is -0.353 e. The third-order valence-electron chi connectivity index (χ3n) is 4.48. The summed E-state index contributed by atoms with van der Waals surface area (Å²) >= 11 is 0. The first-order valence-electron chi connectivity index (χ1n) is 9.37. The van der Waals surface area contributed by atoms with Crippen LogP contribution < -0.4 is 10.6 Å². The maximum Gasteiger partial charge on any atom is 0.243 e. The largest absolute Gasteiger partial charge is 0.353 e. The van der Waals surface area contributed by atoms with Gasteiger partial charge in [-0.05, 0) is 30.0 Å². The number of hydrogen-bond acceptors (Lipinski definition) is 3. The molecule has 0 saturated carbocycles. The van der Waals surface area contributed by atoms with Gasteiger partial charge in [0.15, 0.2) is 0 Å². The van der Waals surface area contributed by atoms with Crippen LogP contribution >= 0.6 is 0 Å². The molecule has 1 aromatic carbocycles. The molecule has 25 heavy (non-hydrogen) atoms. The van der Waals surface area contributed by atoms with Gasteiger partial charge in [0.1, 0.15) is 6.04 Å². The highest BCUT2D eigenvalue weighted by molar-refractivity contribution is 5.88. The maximum atomic E-state index is 12.7. The first-order chi connectivity index (χ1) is 12.0. The van der Waals surface area contributed by atoms with E-state index in [-0.39, 0.29) is 17.7 Å². The van der Waals surface area contributed by atoms with E-state index in [1.54, 1.807) is 4.90 Å². The van der Waals surface area contributed by atoms with Crippen molar-refractivity contribution in [3.05, 3.63) is 35.4 Å². The highest BCUT2D eigenvalue weighted by atomic mass is 16.2. The number of amides is 2. The van der Waals surface area contributed by atoms with Gasteiger partial charge in [-0.15, -0.1) is 0 Å². The van der Waals surface area contributed by atoms with Crippen LogP contribution in [-0.4, -0.2) is 42.4 Å². The fraction of sp³-hybridized carbons (Fsp3) is 0.600. The lowest BCUT2D eigenvalue weighted by Gasteiger charge is -2.36. The minimum absolute atomic E-state index is 0.0510. The second-order valence-corrected chi connectivity index (χ2v) is 7.15. The van der Waals surface area contributed by atoms with Crippen molar-refractivity contribution in [3.63, 3.8) is 0 Å². The molecule has 2 rings (SSSR count). The Balaban J connectivity index is 2.05. The number of nitrogens with zero attached hydrogens (tertiary/aromatic N) is 1. The molecule has 1 aliphatic rings. The van der Waals surface area contributed by atoms with E-state index in [1.807, 2.05) is 32.0 Å². The highest BCUT2D eigenvalue weighted by Gasteiger charge is 2.34. The van der Waals surface area contributed by atoms with Crippen LogP contribution in [0.5, 0.6) is 0 Å². The quantitative estimate of drug-likeness (QED) is 0.709. The number of rotatable bonds is 8. The molecule has 5 nitrogen and oxygen atoms in total. The monoisotopic (exact) mass is 345 g/mol. The average Bonchev–Trinajstić information content (AvgIpc) is 2.59. The third kappa shape index (κ3) is 5.56. The maximum absolute atomic E-state index is 12.7. The summed E-state index contributed by atoms with van der Waals surface area (Å²) in [7, 11) is 0. The Bertz CT molecular complexity index is 586. The Kier molecular flexibility index (Phi) is 7.44. The third-order valence-corrected chi connectivity index (χ3v) is 4.48. The van der Waals surface area contributed by atoms with Gasteiger partial charge in [-0.25, -0.2) is 0 Å². The molecular weight excluding hydrogens is 314 g/mol. The lowest BCUT2D eigenvalue weighted by atomic mass is 9.92. The molecule has 0 aromatic heterocycles. The van der Waals surface area contributed by atoms with Crippen molar-refractivity contribution >= 4 is 11.8 Å². The number of fused-ring (bicyclic) bond motifs is 1. The first kappa shape index (κ1) is 19.4. The predicted octanol–water partition coefficient (Wildman–Crippen LogP) is 2.10. The summed E-state index contributed by atoms with van der Waals surface area (Å²) < 4.78 is 0. The molecular formula is C20H31N3O2. The van der Waals surface area contributed by atoms with E-state index in [1.165, 1.54) is 5.56 Å². The van der Waals surface area contributed by atoms with Crippen LogP contribution in [0.25, 0.3) is 0 Å². The van der Waals surface area contributed by atoms with Crippen LogP contribution in [-0.2, 0) is 22.6 Å². The van der Waals surface area contributed by atoms with Crippen molar-refractivity contribution < 1.29 is 9.59 Å². The van der Waals surface area contributed by atoms with Gasteiger partial charge < -0.3 is 15.5 Å². The molecule has 0 saturated heterocycles. The average molecular weight is 345 g/mol. The van der Waals surface area contributed by atoms with Gasteiger partial charge in [0.05, 0.1) is 0 Å². The van der Waals surface area contributed by atoms with Crippen LogP contribution in [0.2, 0.25) is 0 Å². The molecule has 1 aromatic rings. The standard InChI is InChI=1S/C20H31N3O2/c1-4-9-21-10-11-22-20(25)18-13-16-7-5-6-8-17(16)14-23(18)19(24)12-15(2)3/h5-8,15,18,21H,4,9-14H2,1-3H3,(H,22,25). The molecule has 0 radical (unpaired) electrons. The summed E-state index contributed by atoms with van der Waals surface area (Å²) in [5, 5.41) is 6.26. The molecule has 0 spiro atoms. The Hall–Kier alpha value is -1.88. The summed E-state index contributed by atoms with van der Waals surface area (Å²) in [6.45, 7) is 8.99. The molecule has 138 valence electrons. The van der Waals surface area contributed by atoms with E-state index in [0.717, 1.165) is 25.1 Å². The lowest BCUT2D eigenvalue weighted by molar-refractivity contribution is -0.142. The number of nitrogens with one attached hydrogen (secondary N) is 2. The van der Waals surface area contributed by atoms with Gasteiger partial charge in [-0.1, -0.05) is 45.0 Å². The Morgan fingerprint density at radius 2 is 1.88 bits per heavy atom. The molecule has 1 atom stereocenters. The molecule has 0 bridgehead atoms. The molecule has 1 unspecified atom stereocenters. The normalized spacial score (nSPS) is 16.6. The van der Waals surface area contributed by atoms with Gasteiger partial charge in [-0.3, -0.25) is 9.59 Å². The van der Waals surface area contributed by atoms with Crippen molar-refractivity contribution in [2.45, 2.75) is 52.6 Å². The molecule has 1 aliphatic heterocycles. The fourth-order valence-electron chi connectivity index (χ4n) is 3.18. The van der Waals surface area contributed by atoms with Crippen molar-refractivity contribution in [2.75, 3.05) is 19.6 Å². The zero-order valence-electron chi connectivity index (χ0n) is 15.7. The van der Waals surface area contributed by atoms with Crippen LogP contribution in [0.1, 0.15) is 44.7 Å². The molecule has 5 heteroatoms. The van der Waals surface area contributed by atoms with E-state index in [9.17, 15) is 9.59 Å². The van der Waals surface area contributed by atoms with Crippen LogP contribution in [0.15, 0.2) is 24.3 Å². The van der Waals surface area contributed by atoms with Crippen LogP contribution in [0, 0.1) is 5.92 Å². The highest BCUT2D eigenvalue weighted by Crippen LogP contribution is 2.24. The number of hydrogen-bond donors (Lipinski definition) is 2. The van der Waals surface area contributed by atoms with Crippen molar-refractivity contribution in [1.29, 1.82) is 0 Å². The first-order valence-corrected chi connectivity index (χ1v) is 9.37. The van der Waals surface area contributed by atoms with Crippen molar-refractivity contribution in [3.8, 4) is 0 Å². The van der Waals surface area contributed by atoms with Gasteiger partial charge >= 0.3 is 0 Å². The number of carbonyl (C=O) groups is 2. The lowest BCUT2D eigenvalue weighted by Crippen LogP contribution is -2.53. The fourth-order valence-corrected chi connectivity index (χ4v) is 3.18. The van der Waals surface area contributed by atoms with E-state index < -0.39 is 6.04 Å². The summed E-state index contributed by atoms with van der Waals surface area (Å²) in [6, 6.07) is 7.68. The molecule has 0 aliphatic carbocycles. The minimum atomic E-state index is -0.410. The summed E-state index contributed by atoms with van der Waals surface area (Å²) in [6.07, 6.45) is 2.14. The van der Waals surface area contributed by atoms with Crippen LogP contribution in [0.4, 0.5) is 0 Å². The Labute approximate surface area is 151 Å². The van der Waals surface area contributed by atoms with Crippen molar-refractivity contribution in [2.24, 2.45) is 5.92 Å². The van der Waals surface area contributed by atoms with Gasteiger partial charge in [0, 0.05) is 32.5 Å². The van der Waals surface area contributed by atoms with Crippen LogP contribution in [0.3, 0.4) is 0 Å². The molecule has 2 N–H and O–H groups in total. The number of carbonyl (C=O) groups excluding carboxylic acids is 2. The molecule has 0 fully saturated rings. The number of benzene rings is 1. The summed E-state index contributed by atoms with van der Waals surface area (Å²) in [5.41, 5.74) is 2.31. The Morgan fingerprint density at radius 3 is 2.56 bits per heavy atom. The van der Waals surface area contributed by atoms with E-state index in [4.69, 9.17) is 0 Å². The predicted molar refractivity (Wildman–Crippen MR) is 100 cm³/mol. The molecule has 1 heterocycles. The zero-order valence-corrected chi connectivity index (χ0v) is 15.7. The summed E-state index contributed by atoms with van der Waals surface area (Å²) in [5.74, 6) is 0.297. The van der Waals surface area contributed by atoms with Gasteiger partial charge in [0.2, 0.25) is 11.8 Å². The zero-order chi connectivity index (χ0) is 18.2. The van der Waals surface area contributed by atoms with E-state index in [0.29, 0.717) is 25.9 Å². The second kappa shape index (κ2) is 9.56. The smallest absolute Gasteiger partial charge is 0.243 e. The van der Waals surface area contributed by atoms with E-state index in [2.05, 4.69) is 23.6 Å². The summed E-state index contributed by atoms with van der Waals surface area (Å²) in [4.78, 5) is 27.2. The van der Waals surface area contributed by atoms with Crippen molar-refractivity contribution in [1.82, 2.24) is 15.5 Å². The van der Waals surface area contributed by atoms with Gasteiger partial charge in [-0.2, -0.15) is 0 Å². The topological polar surface area (TPSA) is 61.4 Å². The SMILES string of the molecule is CCCNCCNC(=O)C1Cc2ccccc2CN1C(=O)CC(C)C. The Morgan fingerprint density at radius 1 is 1.16 bits per heavy atom. The second-order valence-electron chi connectivity index (χ2n) is 7.15. The van der Waals surface area contributed by atoms with E-state index >= 15 is 0 Å².